The van der Waals surface area contributed by atoms with E-state index in [9.17, 15) is 5.11 Å². The van der Waals surface area contributed by atoms with E-state index in [-0.39, 0.29) is 6.61 Å². The molecule has 2 heteroatoms. The zero-order valence-corrected chi connectivity index (χ0v) is 7.90. The van der Waals surface area contributed by atoms with E-state index in [1.54, 1.807) is 0 Å². The Hall–Kier alpha value is -0.860. The molecular weight excluding hydrogens is 164 g/mol. The highest BCUT2D eigenvalue weighted by Gasteiger charge is 2.03. The molecule has 13 heavy (non-hydrogen) atoms. The van der Waals surface area contributed by atoms with Crippen molar-refractivity contribution in [2.24, 2.45) is 0 Å². The lowest BCUT2D eigenvalue weighted by Crippen LogP contribution is -2.12. The topological polar surface area (TPSA) is 40.5 Å². The Morgan fingerprint density at radius 3 is 2.38 bits per heavy atom. The van der Waals surface area contributed by atoms with Crippen molar-refractivity contribution >= 4 is 0 Å². The van der Waals surface area contributed by atoms with Gasteiger partial charge in [0.05, 0.1) is 6.10 Å². The summed E-state index contributed by atoms with van der Waals surface area (Å²) in [5, 5.41) is 18.0. The van der Waals surface area contributed by atoms with Crippen LogP contribution in [0.5, 0.6) is 0 Å². The van der Waals surface area contributed by atoms with Crippen LogP contribution in [0, 0.1) is 6.92 Å². The van der Waals surface area contributed by atoms with Crippen molar-refractivity contribution < 1.29 is 10.2 Å². The van der Waals surface area contributed by atoms with Crippen molar-refractivity contribution in [2.75, 3.05) is 6.61 Å². The lowest BCUT2D eigenvalue weighted by Gasteiger charge is -2.08. The summed E-state index contributed by atoms with van der Waals surface area (Å²) in [7, 11) is 0. The molecule has 1 rings (SSSR count). The minimum atomic E-state index is -0.423. The highest BCUT2D eigenvalue weighted by molar-refractivity contribution is 5.21. The van der Waals surface area contributed by atoms with Crippen LogP contribution in [-0.2, 0) is 6.42 Å². The third-order valence-electron chi connectivity index (χ3n) is 2.05. The summed E-state index contributed by atoms with van der Waals surface area (Å²) in [6.45, 7) is 2.08. The number of benzene rings is 1. The van der Waals surface area contributed by atoms with E-state index in [1.165, 1.54) is 5.56 Å². The van der Waals surface area contributed by atoms with Crippen molar-refractivity contribution in [3.05, 3.63) is 35.4 Å². The molecule has 0 saturated carbocycles. The van der Waals surface area contributed by atoms with Crippen molar-refractivity contribution in [1.82, 2.24) is 0 Å². The Labute approximate surface area is 78.8 Å². The van der Waals surface area contributed by atoms with Crippen LogP contribution < -0.4 is 0 Å². The third-order valence-corrected chi connectivity index (χ3v) is 2.05. The van der Waals surface area contributed by atoms with Crippen LogP contribution in [0.3, 0.4) is 0 Å². The largest absolute Gasteiger partial charge is 0.396 e. The molecule has 0 aliphatic heterocycles. The molecule has 0 aromatic heterocycles. The molecule has 2 N–H and O–H groups in total. The predicted molar refractivity (Wildman–Crippen MR) is 52.6 cm³/mol. The van der Waals surface area contributed by atoms with E-state index >= 15 is 0 Å². The van der Waals surface area contributed by atoms with Crippen molar-refractivity contribution in [2.45, 2.75) is 25.9 Å². The number of rotatable bonds is 4. The van der Waals surface area contributed by atoms with Gasteiger partial charge in [-0.3, -0.25) is 0 Å². The van der Waals surface area contributed by atoms with Crippen molar-refractivity contribution in [1.29, 1.82) is 0 Å². The van der Waals surface area contributed by atoms with Gasteiger partial charge in [0.1, 0.15) is 0 Å². The first-order chi connectivity index (χ1) is 6.22. The molecular formula is C11H16O2. The zero-order valence-electron chi connectivity index (χ0n) is 7.90. The van der Waals surface area contributed by atoms with Gasteiger partial charge in [-0.1, -0.05) is 29.8 Å². The summed E-state index contributed by atoms with van der Waals surface area (Å²) in [5.74, 6) is 0. The number of aryl methyl sites for hydroxylation is 1. The molecule has 1 atom stereocenters. The van der Waals surface area contributed by atoms with E-state index in [0.29, 0.717) is 12.8 Å². The molecule has 1 unspecified atom stereocenters. The molecule has 0 bridgehead atoms. The molecule has 0 aliphatic carbocycles. The second-order valence-corrected chi connectivity index (χ2v) is 3.36. The lowest BCUT2D eigenvalue weighted by atomic mass is 10.0. The van der Waals surface area contributed by atoms with Gasteiger partial charge in [-0.15, -0.1) is 0 Å². The van der Waals surface area contributed by atoms with Crippen LogP contribution in [0.15, 0.2) is 24.3 Å². The van der Waals surface area contributed by atoms with E-state index in [2.05, 4.69) is 0 Å². The maximum Gasteiger partial charge on any atom is 0.0602 e. The SMILES string of the molecule is Cc1ccc(CC(O)CCO)cc1. The minimum absolute atomic E-state index is 0.0486. The van der Waals surface area contributed by atoms with Gasteiger partial charge < -0.3 is 10.2 Å². The van der Waals surface area contributed by atoms with Gasteiger partial charge in [-0.05, 0) is 25.3 Å². The summed E-state index contributed by atoms with van der Waals surface area (Å²) in [6.07, 6.45) is 0.655. The van der Waals surface area contributed by atoms with Gasteiger partial charge in [0.2, 0.25) is 0 Å². The summed E-state index contributed by atoms with van der Waals surface area (Å²) in [4.78, 5) is 0. The van der Waals surface area contributed by atoms with Gasteiger partial charge in [-0.25, -0.2) is 0 Å². The average Bonchev–Trinajstić information content (AvgIpc) is 2.09. The average molecular weight is 180 g/mol. The molecule has 2 nitrogen and oxygen atoms in total. The smallest absolute Gasteiger partial charge is 0.0602 e. The van der Waals surface area contributed by atoms with E-state index in [0.717, 1.165) is 5.56 Å². The third kappa shape index (κ3) is 3.57. The van der Waals surface area contributed by atoms with Crippen LogP contribution in [-0.4, -0.2) is 22.9 Å². The zero-order chi connectivity index (χ0) is 9.68. The quantitative estimate of drug-likeness (QED) is 0.732. The van der Waals surface area contributed by atoms with Gasteiger partial charge in [-0.2, -0.15) is 0 Å². The Balaban J connectivity index is 2.49. The second kappa shape index (κ2) is 5.00. The predicted octanol–water partition coefficient (Wildman–Crippen LogP) is 1.28. The number of hydrogen-bond donors (Lipinski definition) is 2. The van der Waals surface area contributed by atoms with Crippen LogP contribution >= 0.6 is 0 Å². The van der Waals surface area contributed by atoms with Crippen molar-refractivity contribution in [3.8, 4) is 0 Å². The first kappa shape index (κ1) is 10.2. The Kier molecular flexibility index (Phi) is 3.93. The monoisotopic (exact) mass is 180 g/mol. The van der Waals surface area contributed by atoms with Crippen LogP contribution in [0.4, 0.5) is 0 Å². The number of aliphatic hydroxyl groups is 2. The summed E-state index contributed by atoms with van der Waals surface area (Å²) < 4.78 is 0. The Bertz CT molecular complexity index is 241. The van der Waals surface area contributed by atoms with Gasteiger partial charge in [0.15, 0.2) is 0 Å². The standard InChI is InChI=1S/C11H16O2/c1-9-2-4-10(5-3-9)8-11(13)6-7-12/h2-5,11-13H,6-8H2,1H3. The van der Waals surface area contributed by atoms with E-state index < -0.39 is 6.10 Å². The summed E-state index contributed by atoms with van der Waals surface area (Å²) in [5.41, 5.74) is 2.34. The maximum absolute atomic E-state index is 9.41. The molecule has 1 aromatic carbocycles. The van der Waals surface area contributed by atoms with Crippen LogP contribution in [0.25, 0.3) is 0 Å². The summed E-state index contributed by atoms with van der Waals surface area (Å²) in [6, 6.07) is 8.08. The lowest BCUT2D eigenvalue weighted by molar-refractivity contribution is 0.133. The molecule has 0 heterocycles. The molecule has 0 aliphatic rings. The number of aliphatic hydroxyl groups excluding tert-OH is 2. The first-order valence-corrected chi connectivity index (χ1v) is 4.57. The Morgan fingerprint density at radius 1 is 1.23 bits per heavy atom. The van der Waals surface area contributed by atoms with Crippen molar-refractivity contribution in [3.63, 3.8) is 0 Å². The van der Waals surface area contributed by atoms with Gasteiger partial charge >= 0.3 is 0 Å². The fourth-order valence-electron chi connectivity index (χ4n) is 1.25. The fourth-order valence-corrected chi connectivity index (χ4v) is 1.25. The normalized spacial score (nSPS) is 12.8. The second-order valence-electron chi connectivity index (χ2n) is 3.36. The first-order valence-electron chi connectivity index (χ1n) is 4.57. The fraction of sp³-hybridized carbons (Fsp3) is 0.455. The van der Waals surface area contributed by atoms with Crippen LogP contribution in [0.2, 0.25) is 0 Å². The highest BCUT2D eigenvalue weighted by Crippen LogP contribution is 2.07. The molecule has 0 saturated heterocycles. The minimum Gasteiger partial charge on any atom is -0.396 e. The highest BCUT2D eigenvalue weighted by atomic mass is 16.3. The Morgan fingerprint density at radius 2 is 1.85 bits per heavy atom. The summed E-state index contributed by atoms with van der Waals surface area (Å²) >= 11 is 0. The van der Waals surface area contributed by atoms with E-state index in [4.69, 9.17) is 5.11 Å². The number of hydrogen-bond acceptors (Lipinski definition) is 2. The molecule has 0 amide bonds. The molecule has 1 aromatic rings. The van der Waals surface area contributed by atoms with Gasteiger partial charge in [0.25, 0.3) is 0 Å². The van der Waals surface area contributed by atoms with E-state index in [1.807, 2.05) is 31.2 Å². The maximum atomic E-state index is 9.41. The van der Waals surface area contributed by atoms with Crippen LogP contribution in [0.1, 0.15) is 17.5 Å². The molecule has 72 valence electrons. The molecule has 0 radical (unpaired) electrons. The molecule has 0 fully saturated rings. The van der Waals surface area contributed by atoms with Gasteiger partial charge in [0, 0.05) is 6.61 Å². The molecule has 0 spiro atoms.